The highest BCUT2D eigenvalue weighted by Gasteiger charge is 2.16. The number of nitrogens with one attached hydrogen (secondary N) is 1. The Morgan fingerprint density at radius 2 is 2.03 bits per heavy atom. The average Bonchev–Trinajstić information content (AvgIpc) is 3.12. The maximum atomic E-state index is 13.2. The first-order valence-corrected chi connectivity index (χ1v) is 10.3. The lowest BCUT2D eigenvalue weighted by Crippen LogP contribution is -2.23. The van der Waals surface area contributed by atoms with Gasteiger partial charge in [0.25, 0.3) is 0 Å². The summed E-state index contributed by atoms with van der Waals surface area (Å²) < 4.78 is 45.3. The van der Waals surface area contributed by atoms with E-state index >= 15 is 0 Å². The predicted octanol–water partition coefficient (Wildman–Crippen LogP) is 2.86. The Balaban J connectivity index is 1.58. The van der Waals surface area contributed by atoms with Crippen LogP contribution in [0, 0.1) is 12.7 Å². The summed E-state index contributed by atoms with van der Waals surface area (Å²) >= 11 is 5.63. The predicted molar refractivity (Wildman–Crippen MR) is 101 cm³/mol. The van der Waals surface area contributed by atoms with Crippen LogP contribution in [-0.4, -0.2) is 29.4 Å². The van der Waals surface area contributed by atoms with E-state index in [0.717, 1.165) is 18.2 Å². The number of hydrogen-bond acceptors (Lipinski definition) is 7. The van der Waals surface area contributed by atoms with Crippen LogP contribution in [0.4, 0.5) is 4.39 Å². The van der Waals surface area contributed by atoms with Gasteiger partial charge in [0.15, 0.2) is 5.78 Å². The summed E-state index contributed by atoms with van der Waals surface area (Å²) in [5, 5.41) is 7.24. The van der Waals surface area contributed by atoms with Crippen molar-refractivity contribution >= 4 is 27.4 Å². The summed E-state index contributed by atoms with van der Waals surface area (Å²) in [6, 6.07) is 6.23. The van der Waals surface area contributed by atoms with Crippen LogP contribution in [0.25, 0.3) is 0 Å². The molecule has 8 nitrogen and oxygen atoms in total. The van der Waals surface area contributed by atoms with Gasteiger partial charge < -0.3 is 4.42 Å². The van der Waals surface area contributed by atoms with Crippen LogP contribution in [0.3, 0.4) is 0 Å². The second-order valence-corrected chi connectivity index (χ2v) is 8.25. The Bertz CT molecular complexity index is 1130. The van der Waals surface area contributed by atoms with Crippen molar-refractivity contribution in [3.8, 4) is 0 Å². The molecule has 1 N–H and O–H groups in total. The Labute approximate surface area is 171 Å². The molecule has 11 heteroatoms. The smallest absolute Gasteiger partial charge is 0.240 e. The Hall–Kier alpha value is -2.69. The van der Waals surface area contributed by atoms with Crippen molar-refractivity contribution in [3.63, 3.8) is 0 Å². The van der Waals surface area contributed by atoms with Gasteiger partial charge in [-0.15, -0.1) is 10.2 Å². The fourth-order valence-corrected chi connectivity index (χ4v) is 3.66. The van der Waals surface area contributed by atoms with E-state index in [1.807, 2.05) is 0 Å². The number of sulfonamides is 1. The van der Waals surface area contributed by atoms with Crippen LogP contribution in [0.2, 0.25) is 5.02 Å². The van der Waals surface area contributed by atoms with Gasteiger partial charge in [0.1, 0.15) is 5.82 Å². The minimum atomic E-state index is -3.89. The molecule has 1 aromatic carbocycles. The Morgan fingerprint density at radius 3 is 2.66 bits per heavy atom. The molecule has 0 atom stereocenters. The minimum absolute atomic E-state index is 0.104. The van der Waals surface area contributed by atoms with Crippen LogP contribution in [-0.2, 0) is 23.0 Å². The van der Waals surface area contributed by atoms with Gasteiger partial charge in [-0.2, -0.15) is 0 Å². The summed E-state index contributed by atoms with van der Waals surface area (Å²) in [6.45, 7) is 1.56. The Kier molecular flexibility index (Phi) is 6.36. The number of nitrogens with zero attached hydrogens (tertiary/aromatic N) is 3. The molecule has 2 heterocycles. The van der Waals surface area contributed by atoms with Gasteiger partial charge in [-0.05, 0) is 30.3 Å². The van der Waals surface area contributed by atoms with Gasteiger partial charge in [-0.3, -0.25) is 9.78 Å². The number of hydrogen-bond donors (Lipinski definition) is 1. The van der Waals surface area contributed by atoms with Crippen molar-refractivity contribution in [3.05, 3.63) is 70.4 Å². The van der Waals surface area contributed by atoms with Crippen LogP contribution < -0.4 is 4.72 Å². The van der Waals surface area contributed by atoms with Gasteiger partial charge in [0.2, 0.25) is 21.8 Å². The molecule has 0 aliphatic heterocycles. The van der Waals surface area contributed by atoms with Crippen LogP contribution >= 0.6 is 11.6 Å². The first kappa shape index (κ1) is 21.0. The van der Waals surface area contributed by atoms with E-state index in [1.165, 1.54) is 6.20 Å². The highest BCUT2D eigenvalue weighted by Crippen LogP contribution is 2.19. The molecule has 0 radical (unpaired) electrons. The minimum Gasteiger partial charge on any atom is -0.426 e. The van der Waals surface area contributed by atoms with E-state index in [0.29, 0.717) is 29.5 Å². The van der Waals surface area contributed by atoms with E-state index in [-0.39, 0.29) is 28.7 Å². The van der Waals surface area contributed by atoms with Crippen molar-refractivity contribution < 1.29 is 22.0 Å². The number of pyridine rings is 1. The lowest BCUT2D eigenvalue weighted by atomic mass is 10.1. The van der Waals surface area contributed by atoms with Crippen molar-refractivity contribution in [2.75, 3.05) is 0 Å². The zero-order valence-corrected chi connectivity index (χ0v) is 16.8. The molecule has 0 unspecified atom stereocenters. The third-order valence-electron chi connectivity index (χ3n) is 3.93. The Morgan fingerprint density at radius 1 is 1.24 bits per heavy atom. The standard InChI is InChI=1S/C18H16ClFN4O4S/c1-11-23-24-18(28-11)7-6-17(25)12-2-3-13(21-9-12)10-22-29(26,27)14-4-5-16(20)15(19)8-14/h2-5,8-9,22H,6-7,10H2,1H3. The monoisotopic (exact) mass is 438 g/mol. The van der Waals surface area contributed by atoms with Crippen molar-refractivity contribution in [2.45, 2.75) is 31.2 Å². The summed E-state index contributed by atoms with van der Waals surface area (Å²) in [5.41, 5.74) is 0.795. The maximum Gasteiger partial charge on any atom is 0.240 e. The maximum absolute atomic E-state index is 13.2. The number of ketones is 1. The molecular weight excluding hydrogens is 423 g/mol. The van der Waals surface area contributed by atoms with Crippen molar-refractivity contribution in [2.24, 2.45) is 0 Å². The van der Waals surface area contributed by atoms with Gasteiger partial charge in [-0.25, -0.2) is 17.5 Å². The summed E-state index contributed by atoms with van der Waals surface area (Å²) in [7, 11) is -3.89. The van der Waals surface area contributed by atoms with Gasteiger partial charge in [-0.1, -0.05) is 11.6 Å². The third-order valence-corrected chi connectivity index (χ3v) is 5.61. The van der Waals surface area contributed by atoms with E-state index < -0.39 is 15.8 Å². The average molecular weight is 439 g/mol. The second kappa shape index (κ2) is 8.76. The number of benzene rings is 1. The number of aryl methyl sites for hydroxylation is 2. The molecule has 3 rings (SSSR count). The molecule has 0 aliphatic rings. The highest BCUT2D eigenvalue weighted by atomic mass is 35.5. The first-order chi connectivity index (χ1) is 13.7. The molecule has 3 aromatic rings. The molecule has 0 amide bonds. The van der Waals surface area contributed by atoms with E-state index in [2.05, 4.69) is 19.9 Å². The quantitative estimate of drug-likeness (QED) is 0.537. The van der Waals surface area contributed by atoms with Crippen LogP contribution in [0.5, 0.6) is 0 Å². The zero-order chi connectivity index (χ0) is 21.0. The van der Waals surface area contributed by atoms with Gasteiger partial charge in [0.05, 0.1) is 22.2 Å². The third kappa shape index (κ3) is 5.43. The fraction of sp³-hybridized carbons (Fsp3) is 0.222. The van der Waals surface area contributed by atoms with E-state index in [4.69, 9.17) is 16.0 Å². The van der Waals surface area contributed by atoms with E-state index in [9.17, 15) is 17.6 Å². The SMILES string of the molecule is Cc1nnc(CCC(=O)c2ccc(CNS(=O)(=O)c3ccc(F)c(Cl)c3)nc2)o1. The molecule has 29 heavy (non-hydrogen) atoms. The molecule has 0 saturated carbocycles. The van der Waals surface area contributed by atoms with E-state index in [1.54, 1.807) is 19.1 Å². The van der Waals surface area contributed by atoms with Crippen molar-refractivity contribution in [1.82, 2.24) is 19.9 Å². The molecular formula is C18H16ClFN4O4S. The van der Waals surface area contributed by atoms with Gasteiger partial charge >= 0.3 is 0 Å². The molecule has 152 valence electrons. The first-order valence-electron chi connectivity index (χ1n) is 8.46. The van der Waals surface area contributed by atoms with Crippen LogP contribution in [0.1, 0.15) is 34.3 Å². The molecule has 0 bridgehead atoms. The number of rotatable bonds is 8. The zero-order valence-electron chi connectivity index (χ0n) is 15.2. The van der Waals surface area contributed by atoms with Gasteiger partial charge in [0, 0.05) is 31.5 Å². The number of carbonyl (C=O) groups excluding carboxylic acids is 1. The molecule has 0 fully saturated rings. The van der Waals surface area contributed by atoms with Crippen molar-refractivity contribution in [1.29, 1.82) is 0 Å². The lowest BCUT2D eigenvalue weighted by molar-refractivity contribution is 0.0980. The number of aromatic nitrogens is 3. The topological polar surface area (TPSA) is 115 Å². The lowest BCUT2D eigenvalue weighted by Gasteiger charge is -2.07. The number of halogens is 2. The largest absolute Gasteiger partial charge is 0.426 e. The summed E-state index contributed by atoms with van der Waals surface area (Å²) in [4.78, 5) is 16.2. The normalized spacial score (nSPS) is 11.6. The van der Waals surface area contributed by atoms with Crippen LogP contribution in [0.15, 0.2) is 45.8 Å². The number of Topliss-reactive ketones (excluding diaryl/α,β-unsaturated/α-hetero) is 1. The fourth-order valence-electron chi connectivity index (χ4n) is 2.39. The highest BCUT2D eigenvalue weighted by molar-refractivity contribution is 7.89. The molecule has 0 spiro atoms. The summed E-state index contributed by atoms with van der Waals surface area (Å²) in [5.74, 6) is -0.0391. The molecule has 0 saturated heterocycles. The molecule has 2 aromatic heterocycles. The summed E-state index contributed by atoms with van der Waals surface area (Å²) in [6.07, 6.45) is 1.88. The number of carbonyl (C=O) groups is 1. The molecule has 0 aliphatic carbocycles. The second-order valence-electron chi connectivity index (χ2n) is 6.08.